The molecule has 0 aromatic rings. The fourth-order valence-corrected chi connectivity index (χ4v) is 3.24. The third-order valence-corrected chi connectivity index (χ3v) is 3.95. The Balaban J connectivity index is 1.62. The molecule has 0 radical (unpaired) electrons. The van der Waals surface area contributed by atoms with Gasteiger partial charge in [0.05, 0.1) is 6.17 Å². The highest BCUT2D eigenvalue weighted by molar-refractivity contribution is 5.67. The summed E-state index contributed by atoms with van der Waals surface area (Å²) in [6.45, 7) is 0. The first-order chi connectivity index (χ1) is 6.74. The molecule has 2 heterocycles. The molecule has 1 aliphatic carbocycles. The van der Waals surface area contributed by atoms with Crippen LogP contribution >= 0.6 is 0 Å². The van der Waals surface area contributed by atoms with Crippen LogP contribution in [0.25, 0.3) is 0 Å². The van der Waals surface area contributed by atoms with E-state index in [-0.39, 0.29) is 0 Å². The maximum atomic E-state index is 10.6. The van der Waals surface area contributed by atoms with E-state index in [1.165, 1.54) is 0 Å². The first-order valence-electron chi connectivity index (χ1n) is 5.48. The first kappa shape index (κ1) is 8.68. The second-order valence-corrected chi connectivity index (χ2v) is 4.88. The van der Waals surface area contributed by atoms with Gasteiger partial charge in [-0.3, -0.25) is 15.4 Å². The lowest BCUT2D eigenvalue weighted by atomic mass is 9.77. The lowest BCUT2D eigenvalue weighted by Gasteiger charge is -2.32. The Bertz CT molecular complexity index is 269. The fourth-order valence-electron chi connectivity index (χ4n) is 3.24. The molecule has 14 heavy (non-hydrogen) atoms. The molecule has 2 saturated heterocycles. The summed E-state index contributed by atoms with van der Waals surface area (Å²) in [6.07, 6.45) is 4.25. The third kappa shape index (κ3) is 1.33. The Labute approximate surface area is 83.1 Å². The number of carboxylic acid groups (broad SMARTS) is 1. The van der Waals surface area contributed by atoms with Crippen LogP contribution in [-0.2, 0) is 4.79 Å². The van der Waals surface area contributed by atoms with Crippen LogP contribution in [0.4, 0.5) is 0 Å². The van der Waals surface area contributed by atoms with Gasteiger partial charge in [-0.15, -0.1) is 0 Å². The molecule has 3 N–H and O–H groups in total. The number of rotatable bonds is 2. The van der Waals surface area contributed by atoms with Crippen molar-refractivity contribution in [2.24, 2.45) is 11.8 Å². The molecule has 3 aliphatic rings. The smallest absolute Gasteiger partial charge is 0.303 e. The van der Waals surface area contributed by atoms with Crippen molar-refractivity contribution in [3.8, 4) is 0 Å². The standard InChI is InChI=1S/C10H16N2O2/c13-8(14)4-5-1-2-7-6(3-5)9-10(11-7)12-9/h5-7,9-12H,1-4H2,(H,13,14). The minimum absolute atomic E-state index is 0.362. The Kier molecular flexibility index (Phi) is 1.82. The van der Waals surface area contributed by atoms with Crippen molar-refractivity contribution in [1.29, 1.82) is 0 Å². The van der Waals surface area contributed by atoms with Crippen molar-refractivity contribution in [3.63, 3.8) is 0 Å². The third-order valence-electron chi connectivity index (χ3n) is 3.95. The Morgan fingerprint density at radius 2 is 2.21 bits per heavy atom. The van der Waals surface area contributed by atoms with Crippen molar-refractivity contribution in [2.45, 2.75) is 43.9 Å². The summed E-state index contributed by atoms with van der Waals surface area (Å²) in [4.78, 5) is 10.6. The van der Waals surface area contributed by atoms with E-state index in [1.807, 2.05) is 0 Å². The lowest BCUT2D eigenvalue weighted by molar-refractivity contribution is -0.138. The van der Waals surface area contributed by atoms with E-state index in [9.17, 15) is 4.79 Å². The number of aliphatic carboxylic acids is 1. The van der Waals surface area contributed by atoms with Crippen molar-refractivity contribution < 1.29 is 9.90 Å². The van der Waals surface area contributed by atoms with Gasteiger partial charge in [0, 0.05) is 18.5 Å². The fraction of sp³-hybridized carbons (Fsp3) is 0.900. The van der Waals surface area contributed by atoms with E-state index >= 15 is 0 Å². The maximum Gasteiger partial charge on any atom is 0.303 e. The van der Waals surface area contributed by atoms with E-state index in [4.69, 9.17) is 5.11 Å². The molecular weight excluding hydrogens is 180 g/mol. The lowest BCUT2D eigenvalue weighted by Crippen LogP contribution is -2.40. The molecule has 0 spiro atoms. The molecule has 0 aromatic carbocycles. The van der Waals surface area contributed by atoms with Crippen LogP contribution in [0.1, 0.15) is 25.7 Å². The summed E-state index contributed by atoms with van der Waals surface area (Å²) >= 11 is 0. The van der Waals surface area contributed by atoms with Gasteiger partial charge in [-0.25, -0.2) is 0 Å². The largest absolute Gasteiger partial charge is 0.481 e. The highest BCUT2D eigenvalue weighted by Gasteiger charge is 2.54. The molecule has 2 aliphatic heterocycles. The van der Waals surface area contributed by atoms with Crippen LogP contribution in [0.5, 0.6) is 0 Å². The number of nitrogens with one attached hydrogen (secondary N) is 2. The summed E-state index contributed by atoms with van der Waals surface area (Å²) in [6, 6.07) is 1.31. The van der Waals surface area contributed by atoms with Gasteiger partial charge in [-0.1, -0.05) is 0 Å². The minimum atomic E-state index is -0.639. The van der Waals surface area contributed by atoms with Gasteiger partial charge < -0.3 is 5.11 Å². The van der Waals surface area contributed by atoms with Gasteiger partial charge in [0.25, 0.3) is 0 Å². The molecule has 3 fully saturated rings. The Hall–Kier alpha value is -0.610. The SMILES string of the molecule is O=C(O)CC1CCC2NC3NC3C2C1. The monoisotopic (exact) mass is 196 g/mol. The Morgan fingerprint density at radius 1 is 1.36 bits per heavy atom. The van der Waals surface area contributed by atoms with Gasteiger partial charge >= 0.3 is 5.97 Å². The van der Waals surface area contributed by atoms with Gasteiger partial charge in [0.15, 0.2) is 0 Å². The molecule has 4 heteroatoms. The average molecular weight is 196 g/mol. The second kappa shape index (κ2) is 2.94. The zero-order valence-electron chi connectivity index (χ0n) is 8.07. The Morgan fingerprint density at radius 3 is 3.00 bits per heavy atom. The number of carbonyl (C=O) groups is 1. The number of carboxylic acids is 1. The summed E-state index contributed by atoms with van der Waals surface area (Å²) < 4.78 is 0. The molecule has 5 atom stereocenters. The highest BCUT2D eigenvalue weighted by Crippen LogP contribution is 2.42. The molecule has 3 rings (SSSR count). The zero-order valence-corrected chi connectivity index (χ0v) is 8.07. The maximum absolute atomic E-state index is 10.6. The molecule has 1 saturated carbocycles. The predicted molar refractivity (Wildman–Crippen MR) is 50.7 cm³/mol. The van der Waals surface area contributed by atoms with E-state index in [0.29, 0.717) is 36.5 Å². The zero-order chi connectivity index (χ0) is 9.71. The van der Waals surface area contributed by atoms with E-state index in [0.717, 1.165) is 19.3 Å². The van der Waals surface area contributed by atoms with Crippen LogP contribution in [-0.4, -0.2) is 29.3 Å². The highest BCUT2D eigenvalue weighted by atomic mass is 16.4. The van der Waals surface area contributed by atoms with Gasteiger partial charge in [-0.05, 0) is 31.1 Å². The van der Waals surface area contributed by atoms with Crippen LogP contribution in [0.15, 0.2) is 0 Å². The topological polar surface area (TPSA) is 71.3 Å². The molecule has 4 nitrogen and oxygen atoms in total. The molecule has 0 amide bonds. The number of hydrogen-bond acceptors (Lipinski definition) is 3. The summed E-state index contributed by atoms with van der Waals surface area (Å²) in [7, 11) is 0. The van der Waals surface area contributed by atoms with Crippen molar-refractivity contribution >= 4 is 5.97 Å². The van der Waals surface area contributed by atoms with Gasteiger partial charge in [-0.2, -0.15) is 0 Å². The van der Waals surface area contributed by atoms with Gasteiger partial charge in [0.1, 0.15) is 0 Å². The van der Waals surface area contributed by atoms with Crippen molar-refractivity contribution in [3.05, 3.63) is 0 Å². The van der Waals surface area contributed by atoms with Crippen molar-refractivity contribution in [1.82, 2.24) is 10.6 Å². The van der Waals surface area contributed by atoms with Crippen LogP contribution < -0.4 is 10.6 Å². The molecule has 0 bridgehead atoms. The molecule has 5 unspecified atom stereocenters. The first-order valence-corrected chi connectivity index (χ1v) is 5.48. The van der Waals surface area contributed by atoms with Crippen LogP contribution in [0.2, 0.25) is 0 Å². The summed E-state index contributed by atoms with van der Waals surface area (Å²) in [5.74, 6) is 0.467. The molecule has 0 aromatic heterocycles. The second-order valence-electron chi connectivity index (χ2n) is 4.88. The molecular formula is C10H16N2O2. The summed E-state index contributed by atoms with van der Waals surface area (Å²) in [5.41, 5.74) is 0. The number of fused-ring (bicyclic) bond motifs is 3. The predicted octanol–water partition coefficient (Wildman–Crippen LogP) is 0.147. The quantitative estimate of drug-likeness (QED) is 0.550. The van der Waals surface area contributed by atoms with Crippen molar-refractivity contribution in [2.75, 3.05) is 0 Å². The van der Waals surface area contributed by atoms with E-state index in [2.05, 4.69) is 10.6 Å². The number of hydrogen-bond donors (Lipinski definition) is 3. The minimum Gasteiger partial charge on any atom is -0.481 e. The van der Waals surface area contributed by atoms with Crippen LogP contribution in [0, 0.1) is 11.8 Å². The normalized spacial score (nSPS) is 49.6. The summed E-state index contributed by atoms with van der Waals surface area (Å²) in [5, 5.41) is 15.7. The average Bonchev–Trinajstić information content (AvgIpc) is 2.80. The van der Waals surface area contributed by atoms with Crippen LogP contribution in [0.3, 0.4) is 0 Å². The van der Waals surface area contributed by atoms with E-state index < -0.39 is 5.97 Å². The van der Waals surface area contributed by atoms with E-state index in [1.54, 1.807) is 0 Å². The van der Waals surface area contributed by atoms with Gasteiger partial charge in [0.2, 0.25) is 0 Å². The molecule has 78 valence electrons.